The highest BCUT2D eigenvalue weighted by Crippen LogP contribution is 2.31. The van der Waals surface area contributed by atoms with Gasteiger partial charge in [0.15, 0.2) is 0 Å². The summed E-state index contributed by atoms with van der Waals surface area (Å²) in [5, 5.41) is 3.40. The van der Waals surface area contributed by atoms with Gasteiger partial charge in [-0.05, 0) is 37.1 Å². The van der Waals surface area contributed by atoms with Crippen LogP contribution in [0.2, 0.25) is 5.02 Å². The van der Waals surface area contributed by atoms with Gasteiger partial charge in [0.05, 0.1) is 27.4 Å². The maximum absolute atomic E-state index is 12.6. The summed E-state index contributed by atoms with van der Waals surface area (Å²) in [5.41, 5.74) is 8.48. The van der Waals surface area contributed by atoms with E-state index in [1.807, 2.05) is 13.8 Å². The molecule has 0 fully saturated rings. The lowest BCUT2D eigenvalue weighted by Crippen LogP contribution is -2.24. The fourth-order valence-corrected chi connectivity index (χ4v) is 3.88. The smallest absolute Gasteiger partial charge is 0.262 e. The number of hydrogen-bond acceptors (Lipinski definition) is 5. The molecule has 4 rings (SSSR count). The first-order valence-corrected chi connectivity index (χ1v) is 8.71. The SMILES string of the molecule is CCc1c(C)nc2ccc(-n3c(N)c4c(cc3=O)C(=O)NC4=O)cc2c1Cl. The molecular weight excluding hydrogens is 368 g/mol. The molecule has 0 bridgehead atoms. The fraction of sp³-hybridized carbons (Fsp3) is 0.158. The first kappa shape index (κ1) is 17.2. The number of imide groups is 1. The molecule has 136 valence electrons. The van der Waals surface area contributed by atoms with Crippen LogP contribution in [0.3, 0.4) is 0 Å². The topological polar surface area (TPSA) is 107 Å². The molecule has 0 unspecified atom stereocenters. The standard InChI is InChI=1S/C19H15ClN4O3/c1-3-10-8(2)22-13-5-4-9(6-11(13)16(10)20)24-14(25)7-12-15(17(24)21)19(27)23-18(12)26/h4-7H,3,21H2,1-2H3,(H,23,26,27). The van der Waals surface area contributed by atoms with Gasteiger partial charge in [-0.1, -0.05) is 18.5 Å². The number of carbonyl (C=O) groups excluding carboxylic acids is 2. The maximum Gasteiger partial charge on any atom is 0.262 e. The summed E-state index contributed by atoms with van der Waals surface area (Å²) < 4.78 is 1.19. The third-order valence-electron chi connectivity index (χ3n) is 4.77. The number of aromatic nitrogens is 2. The lowest BCUT2D eigenvalue weighted by Gasteiger charge is -2.14. The highest BCUT2D eigenvalue weighted by atomic mass is 35.5. The molecule has 3 heterocycles. The molecule has 8 heteroatoms. The Balaban J connectivity index is 2.02. The Morgan fingerprint density at radius 1 is 1.19 bits per heavy atom. The average molecular weight is 383 g/mol. The van der Waals surface area contributed by atoms with Gasteiger partial charge in [0.25, 0.3) is 17.4 Å². The second-order valence-electron chi connectivity index (χ2n) is 6.32. The maximum atomic E-state index is 12.6. The predicted octanol–water partition coefficient (Wildman–Crippen LogP) is 2.38. The molecule has 1 aliphatic rings. The Labute approximate surface area is 158 Å². The molecule has 2 amide bonds. The van der Waals surface area contributed by atoms with Crippen LogP contribution in [0.25, 0.3) is 16.6 Å². The number of amides is 2. The zero-order valence-corrected chi connectivity index (χ0v) is 15.3. The molecule has 0 radical (unpaired) electrons. The Bertz CT molecular complexity index is 1230. The summed E-state index contributed by atoms with van der Waals surface area (Å²) in [6.45, 7) is 3.89. The first-order valence-electron chi connectivity index (χ1n) is 8.33. The molecule has 0 saturated carbocycles. The number of rotatable bonds is 2. The van der Waals surface area contributed by atoms with Crippen LogP contribution in [0.1, 0.15) is 38.9 Å². The fourth-order valence-electron chi connectivity index (χ4n) is 3.46. The molecule has 3 N–H and O–H groups in total. The number of anilines is 1. The quantitative estimate of drug-likeness (QED) is 0.662. The zero-order chi connectivity index (χ0) is 19.5. The van der Waals surface area contributed by atoms with E-state index in [-0.39, 0.29) is 16.9 Å². The van der Waals surface area contributed by atoms with Gasteiger partial charge < -0.3 is 5.73 Å². The molecule has 0 aliphatic carbocycles. The molecule has 1 aliphatic heterocycles. The van der Waals surface area contributed by atoms with Gasteiger partial charge in [0, 0.05) is 17.1 Å². The number of benzene rings is 1. The van der Waals surface area contributed by atoms with Gasteiger partial charge in [-0.25, -0.2) is 0 Å². The molecule has 0 saturated heterocycles. The predicted molar refractivity (Wildman–Crippen MR) is 103 cm³/mol. The van der Waals surface area contributed by atoms with Gasteiger partial charge in [-0.15, -0.1) is 0 Å². The number of nitrogen functional groups attached to an aromatic ring is 1. The van der Waals surface area contributed by atoms with Crippen molar-refractivity contribution in [1.82, 2.24) is 14.9 Å². The second kappa shape index (κ2) is 5.92. The van der Waals surface area contributed by atoms with E-state index in [9.17, 15) is 14.4 Å². The number of nitrogens with two attached hydrogens (primary N) is 1. The molecule has 0 atom stereocenters. The van der Waals surface area contributed by atoms with Crippen LogP contribution in [0.15, 0.2) is 29.1 Å². The summed E-state index contributed by atoms with van der Waals surface area (Å²) in [5.74, 6) is -1.34. The number of nitrogens with one attached hydrogen (secondary N) is 1. The Kier molecular flexibility index (Phi) is 3.78. The molecule has 1 aromatic carbocycles. The zero-order valence-electron chi connectivity index (χ0n) is 14.6. The summed E-state index contributed by atoms with van der Waals surface area (Å²) in [7, 11) is 0. The molecule has 3 aromatic rings. The van der Waals surface area contributed by atoms with Crippen molar-refractivity contribution in [1.29, 1.82) is 0 Å². The van der Waals surface area contributed by atoms with Crippen molar-refractivity contribution in [2.75, 3.05) is 5.73 Å². The van der Waals surface area contributed by atoms with Gasteiger partial charge in [-0.3, -0.25) is 29.3 Å². The van der Waals surface area contributed by atoms with Crippen LogP contribution in [-0.4, -0.2) is 21.4 Å². The van der Waals surface area contributed by atoms with Gasteiger partial charge in [-0.2, -0.15) is 0 Å². The molecule has 27 heavy (non-hydrogen) atoms. The first-order chi connectivity index (χ1) is 12.8. The van der Waals surface area contributed by atoms with Crippen molar-refractivity contribution in [3.63, 3.8) is 0 Å². The average Bonchev–Trinajstić information content (AvgIpc) is 2.89. The van der Waals surface area contributed by atoms with Crippen LogP contribution < -0.4 is 16.6 Å². The number of halogens is 1. The van der Waals surface area contributed by atoms with Crippen LogP contribution in [0.5, 0.6) is 0 Å². The summed E-state index contributed by atoms with van der Waals surface area (Å²) in [6.07, 6.45) is 0.723. The monoisotopic (exact) mass is 382 g/mol. The third kappa shape index (κ3) is 2.43. The largest absolute Gasteiger partial charge is 0.384 e. The minimum atomic E-state index is -0.625. The second-order valence-corrected chi connectivity index (χ2v) is 6.70. The Hall–Kier alpha value is -3.19. The van der Waals surface area contributed by atoms with E-state index < -0.39 is 17.4 Å². The van der Waals surface area contributed by atoms with E-state index in [4.69, 9.17) is 17.3 Å². The number of carbonyl (C=O) groups is 2. The number of nitrogens with zero attached hydrogens (tertiary/aromatic N) is 2. The van der Waals surface area contributed by atoms with E-state index >= 15 is 0 Å². The van der Waals surface area contributed by atoms with Crippen LogP contribution in [0, 0.1) is 6.92 Å². The van der Waals surface area contributed by atoms with Crippen molar-refractivity contribution in [3.8, 4) is 5.69 Å². The number of hydrogen-bond donors (Lipinski definition) is 2. The Morgan fingerprint density at radius 3 is 2.63 bits per heavy atom. The van der Waals surface area contributed by atoms with E-state index in [0.29, 0.717) is 21.6 Å². The van der Waals surface area contributed by atoms with Crippen molar-refractivity contribution < 1.29 is 9.59 Å². The van der Waals surface area contributed by atoms with Crippen molar-refractivity contribution in [2.45, 2.75) is 20.3 Å². The molecule has 7 nitrogen and oxygen atoms in total. The molecular formula is C19H15ClN4O3. The van der Waals surface area contributed by atoms with Crippen molar-refractivity contribution in [2.24, 2.45) is 0 Å². The van der Waals surface area contributed by atoms with Crippen LogP contribution >= 0.6 is 11.6 Å². The summed E-state index contributed by atoms with van der Waals surface area (Å²) >= 11 is 6.55. The summed E-state index contributed by atoms with van der Waals surface area (Å²) in [4.78, 5) is 41.0. The number of aryl methyl sites for hydroxylation is 1. The minimum Gasteiger partial charge on any atom is -0.384 e. The van der Waals surface area contributed by atoms with Crippen molar-refractivity contribution in [3.05, 3.63) is 62.0 Å². The minimum absolute atomic E-state index is 0.00192. The van der Waals surface area contributed by atoms with Crippen LogP contribution in [-0.2, 0) is 6.42 Å². The molecule has 2 aromatic heterocycles. The third-order valence-corrected chi connectivity index (χ3v) is 5.20. The van der Waals surface area contributed by atoms with E-state index in [1.54, 1.807) is 18.2 Å². The van der Waals surface area contributed by atoms with E-state index in [2.05, 4.69) is 10.3 Å². The van der Waals surface area contributed by atoms with Gasteiger partial charge >= 0.3 is 0 Å². The highest BCUT2D eigenvalue weighted by molar-refractivity contribution is 6.36. The van der Waals surface area contributed by atoms with Crippen LogP contribution in [0.4, 0.5) is 5.82 Å². The van der Waals surface area contributed by atoms with Gasteiger partial charge in [0.2, 0.25) is 0 Å². The van der Waals surface area contributed by atoms with E-state index in [0.717, 1.165) is 23.7 Å². The number of pyridine rings is 2. The van der Waals surface area contributed by atoms with Crippen molar-refractivity contribution >= 4 is 40.1 Å². The molecule has 0 spiro atoms. The number of fused-ring (bicyclic) bond motifs is 2. The highest BCUT2D eigenvalue weighted by Gasteiger charge is 2.31. The van der Waals surface area contributed by atoms with E-state index in [1.165, 1.54) is 4.57 Å². The van der Waals surface area contributed by atoms with Gasteiger partial charge in [0.1, 0.15) is 5.82 Å². The lowest BCUT2D eigenvalue weighted by atomic mass is 10.1. The Morgan fingerprint density at radius 2 is 1.93 bits per heavy atom. The summed E-state index contributed by atoms with van der Waals surface area (Å²) in [6, 6.07) is 6.24. The lowest BCUT2D eigenvalue weighted by molar-refractivity contribution is 0.0880. The normalized spacial score (nSPS) is 13.1.